The summed E-state index contributed by atoms with van der Waals surface area (Å²) in [4.78, 5) is 16.4. The van der Waals surface area contributed by atoms with E-state index in [0.29, 0.717) is 0 Å². The van der Waals surface area contributed by atoms with Crippen LogP contribution in [0.3, 0.4) is 0 Å². The van der Waals surface area contributed by atoms with Crippen LogP contribution in [-0.4, -0.2) is 25.0 Å². The van der Waals surface area contributed by atoms with E-state index in [1.165, 1.54) is 0 Å². The number of rotatable bonds is 4. The van der Waals surface area contributed by atoms with Crippen molar-refractivity contribution in [2.24, 2.45) is 0 Å². The van der Waals surface area contributed by atoms with E-state index in [1.807, 2.05) is 0 Å². The molecule has 0 aromatic rings. The van der Waals surface area contributed by atoms with Crippen LogP contribution < -0.4 is 0 Å². The van der Waals surface area contributed by atoms with Crippen molar-refractivity contribution in [3.8, 4) is 0 Å². The first-order valence-electron chi connectivity index (χ1n) is 2.45. The molecule has 1 atom stereocenters. The first kappa shape index (κ1) is 12.6. The third kappa shape index (κ3) is 7.90. The van der Waals surface area contributed by atoms with Gasteiger partial charge in [-0.05, 0) is 0 Å². The molecule has 0 bridgehead atoms. The molecule has 4 nitrogen and oxygen atoms in total. The SMILES string of the molecule is O=P(O)(O)OCC(Br)C(Br)Br. The van der Waals surface area contributed by atoms with Crippen molar-refractivity contribution in [2.45, 2.75) is 8.56 Å². The first-order chi connectivity index (χ1) is 4.83. The average Bonchev–Trinajstić information content (AvgIpc) is 1.80. The molecular formula is C3H6Br3O4P. The minimum absolute atomic E-state index is 0.0640. The zero-order chi connectivity index (χ0) is 9.07. The summed E-state index contributed by atoms with van der Waals surface area (Å²) in [6, 6.07) is 0. The van der Waals surface area contributed by atoms with Gasteiger partial charge in [-0.15, -0.1) is 0 Å². The molecule has 0 heterocycles. The summed E-state index contributed by atoms with van der Waals surface area (Å²) < 4.78 is 14.3. The van der Waals surface area contributed by atoms with Crippen LogP contribution in [0.5, 0.6) is 0 Å². The van der Waals surface area contributed by atoms with E-state index < -0.39 is 7.82 Å². The molecule has 0 amide bonds. The Hall–Kier alpha value is 1.55. The first-order valence-corrected chi connectivity index (χ1v) is 6.73. The molecule has 0 fully saturated rings. The van der Waals surface area contributed by atoms with Gasteiger partial charge in [0.15, 0.2) is 0 Å². The smallest absolute Gasteiger partial charge is 0.303 e. The summed E-state index contributed by atoms with van der Waals surface area (Å²) in [5, 5.41) is 0. The van der Waals surface area contributed by atoms with E-state index >= 15 is 0 Å². The van der Waals surface area contributed by atoms with E-state index in [2.05, 4.69) is 52.3 Å². The third-order valence-corrected chi connectivity index (χ3v) is 4.65. The normalized spacial score (nSPS) is 15.5. The summed E-state index contributed by atoms with van der Waals surface area (Å²) in [5.41, 5.74) is 0. The molecule has 0 saturated heterocycles. The fraction of sp³-hybridized carbons (Fsp3) is 1.00. The Morgan fingerprint density at radius 3 is 2.09 bits per heavy atom. The third-order valence-electron chi connectivity index (χ3n) is 0.675. The van der Waals surface area contributed by atoms with Gasteiger partial charge >= 0.3 is 7.82 Å². The highest BCUT2D eigenvalue weighted by molar-refractivity contribution is 9.25. The summed E-state index contributed by atoms with van der Waals surface area (Å²) in [5.74, 6) is 0. The topological polar surface area (TPSA) is 66.8 Å². The van der Waals surface area contributed by atoms with E-state index in [1.54, 1.807) is 0 Å². The molecule has 2 N–H and O–H groups in total. The zero-order valence-corrected chi connectivity index (χ0v) is 10.8. The van der Waals surface area contributed by atoms with Gasteiger partial charge in [-0.25, -0.2) is 4.57 Å². The second kappa shape index (κ2) is 5.32. The summed E-state index contributed by atoms with van der Waals surface area (Å²) >= 11 is 9.42. The Morgan fingerprint density at radius 1 is 1.36 bits per heavy atom. The number of alkyl halides is 3. The molecule has 8 heteroatoms. The van der Waals surface area contributed by atoms with E-state index in [9.17, 15) is 4.57 Å². The maximum Gasteiger partial charge on any atom is 0.469 e. The molecule has 11 heavy (non-hydrogen) atoms. The predicted molar refractivity (Wildman–Crippen MR) is 52.4 cm³/mol. The molecule has 0 aromatic carbocycles. The molecule has 0 rings (SSSR count). The van der Waals surface area contributed by atoms with Gasteiger partial charge in [-0.3, -0.25) is 4.52 Å². The summed E-state index contributed by atoms with van der Waals surface area (Å²) in [6.07, 6.45) is 0. The highest BCUT2D eigenvalue weighted by Gasteiger charge is 2.19. The largest absolute Gasteiger partial charge is 0.469 e. The van der Waals surface area contributed by atoms with Gasteiger partial charge < -0.3 is 9.79 Å². The molecule has 0 aliphatic carbocycles. The number of hydrogen-bond donors (Lipinski definition) is 2. The van der Waals surface area contributed by atoms with Crippen LogP contribution in [0.4, 0.5) is 0 Å². The molecule has 0 radical (unpaired) electrons. The number of halogens is 3. The lowest BCUT2D eigenvalue weighted by Crippen LogP contribution is -2.13. The molecule has 0 aliphatic heterocycles. The van der Waals surface area contributed by atoms with Crippen LogP contribution in [-0.2, 0) is 9.09 Å². The summed E-state index contributed by atoms with van der Waals surface area (Å²) in [7, 11) is -4.33. The van der Waals surface area contributed by atoms with Gasteiger partial charge in [0.2, 0.25) is 0 Å². The standard InChI is InChI=1S/C3H6Br3O4P/c4-2(3(5)6)1-10-11(7,8)9/h2-3H,1H2,(H2,7,8,9). The van der Waals surface area contributed by atoms with Crippen molar-refractivity contribution in [3.63, 3.8) is 0 Å². The minimum Gasteiger partial charge on any atom is -0.303 e. The maximum absolute atomic E-state index is 10.2. The monoisotopic (exact) mass is 374 g/mol. The molecule has 68 valence electrons. The van der Waals surface area contributed by atoms with Crippen LogP contribution >= 0.6 is 55.6 Å². The lowest BCUT2D eigenvalue weighted by molar-refractivity contribution is 0.200. The Kier molecular flexibility index (Phi) is 6.07. The molecule has 0 spiro atoms. The zero-order valence-electron chi connectivity index (χ0n) is 5.15. The Labute approximate surface area is 89.3 Å². The number of hydrogen-bond acceptors (Lipinski definition) is 2. The lowest BCUT2D eigenvalue weighted by Gasteiger charge is -2.11. The number of phosphoric ester groups is 1. The second-order valence-electron chi connectivity index (χ2n) is 1.64. The highest BCUT2D eigenvalue weighted by atomic mass is 79.9. The Morgan fingerprint density at radius 2 is 1.82 bits per heavy atom. The van der Waals surface area contributed by atoms with Crippen molar-refractivity contribution in [1.29, 1.82) is 0 Å². The van der Waals surface area contributed by atoms with E-state index in [0.717, 1.165) is 0 Å². The molecule has 0 saturated carbocycles. The van der Waals surface area contributed by atoms with Crippen molar-refractivity contribution in [2.75, 3.05) is 6.61 Å². The molecular weight excluding hydrogens is 371 g/mol. The quantitative estimate of drug-likeness (QED) is 0.581. The highest BCUT2D eigenvalue weighted by Crippen LogP contribution is 2.37. The van der Waals surface area contributed by atoms with Crippen LogP contribution in [0, 0.1) is 0 Å². The van der Waals surface area contributed by atoms with Gasteiger partial charge in [0.1, 0.15) is 0 Å². The van der Waals surface area contributed by atoms with E-state index in [-0.39, 0.29) is 15.2 Å². The maximum atomic E-state index is 10.2. The van der Waals surface area contributed by atoms with Crippen molar-refractivity contribution in [1.82, 2.24) is 0 Å². The fourth-order valence-corrected chi connectivity index (χ4v) is 1.24. The van der Waals surface area contributed by atoms with Crippen molar-refractivity contribution in [3.05, 3.63) is 0 Å². The van der Waals surface area contributed by atoms with Gasteiger partial charge in [-0.1, -0.05) is 47.8 Å². The lowest BCUT2D eigenvalue weighted by atomic mass is 10.5. The predicted octanol–water partition coefficient (Wildman–Crippen LogP) is 1.98. The van der Waals surface area contributed by atoms with E-state index in [4.69, 9.17) is 9.79 Å². The Balaban J connectivity index is 3.63. The van der Waals surface area contributed by atoms with Crippen LogP contribution in [0.1, 0.15) is 0 Å². The summed E-state index contributed by atoms with van der Waals surface area (Å²) in [6.45, 7) is -0.0640. The van der Waals surface area contributed by atoms with Crippen LogP contribution in [0.15, 0.2) is 0 Å². The Bertz CT molecular complexity index is 157. The van der Waals surface area contributed by atoms with Gasteiger partial charge in [0, 0.05) is 0 Å². The molecule has 0 aromatic heterocycles. The molecule has 1 unspecified atom stereocenters. The van der Waals surface area contributed by atoms with Crippen LogP contribution in [0.2, 0.25) is 0 Å². The van der Waals surface area contributed by atoms with Crippen LogP contribution in [0.25, 0.3) is 0 Å². The average molecular weight is 377 g/mol. The fourth-order valence-electron chi connectivity index (χ4n) is 0.241. The second-order valence-corrected chi connectivity index (χ2v) is 7.25. The van der Waals surface area contributed by atoms with Crippen molar-refractivity contribution >= 4 is 55.6 Å². The van der Waals surface area contributed by atoms with Crippen molar-refractivity contribution < 1.29 is 18.9 Å². The van der Waals surface area contributed by atoms with Gasteiger partial charge in [0.25, 0.3) is 0 Å². The van der Waals surface area contributed by atoms with Gasteiger partial charge in [0.05, 0.1) is 15.2 Å². The number of phosphoric acid groups is 1. The van der Waals surface area contributed by atoms with Gasteiger partial charge in [-0.2, -0.15) is 0 Å². The molecule has 0 aliphatic rings. The minimum atomic E-state index is -4.33.